The number of rotatable bonds is 4. The zero-order valence-electron chi connectivity index (χ0n) is 10.7. The number of carboxylic acids is 1. The molecule has 0 aliphatic heterocycles. The van der Waals surface area contributed by atoms with Gasteiger partial charge in [-0.3, -0.25) is 4.79 Å². The zero-order valence-corrected chi connectivity index (χ0v) is 11.4. The van der Waals surface area contributed by atoms with Gasteiger partial charge in [-0.15, -0.1) is 0 Å². The van der Waals surface area contributed by atoms with Crippen molar-refractivity contribution in [2.24, 2.45) is 0 Å². The summed E-state index contributed by atoms with van der Waals surface area (Å²) in [4.78, 5) is 10.7. The normalized spacial score (nSPS) is 10.4. The van der Waals surface area contributed by atoms with Gasteiger partial charge in [-0.2, -0.15) is 0 Å². The number of aryl methyl sites for hydroxylation is 1. The molecular weight excluding hydrogens is 260 g/mol. The fourth-order valence-electron chi connectivity index (χ4n) is 2.15. The van der Waals surface area contributed by atoms with Crippen LogP contribution in [0, 0.1) is 0 Å². The van der Waals surface area contributed by atoms with Gasteiger partial charge in [-0.1, -0.05) is 54.9 Å². The van der Waals surface area contributed by atoms with Crippen LogP contribution in [0.2, 0.25) is 5.02 Å². The van der Waals surface area contributed by atoms with Gasteiger partial charge in [0.25, 0.3) is 0 Å². The molecular formula is C16H15ClO2. The van der Waals surface area contributed by atoms with Gasteiger partial charge in [0.2, 0.25) is 0 Å². The first-order chi connectivity index (χ1) is 9.11. The predicted octanol–water partition coefficient (Wildman–Crippen LogP) is 4.20. The summed E-state index contributed by atoms with van der Waals surface area (Å²) >= 11 is 6.27. The Morgan fingerprint density at radius 2 is 1.84 bits per heavy atom. The van der Waals surface area contributed by atoms with Crippen molar-refractivity contribution in [3.05, 3.63) is 58.6 Å². The Labute approximate surface area is 117 Å². The van der Waals surface area contributed by atoms with Gasteiger partial charge in [0.05, 0.1) is 6.42 Å². The van der Waals surface area contributed by atoms with Crippen LogP contribution in [0.4, 0.5) is 0 Å². The number of carbonyl (C=O) groups is 1. The number of aliphatic carboxylic acids is 1. The Bertz CT molecular complexity index is 588. The van der Waals surface area contributed by atoms with Crippen LogP contribution in [0.15, 0.2) is 42.5 Å². The average Bonchev–Trinajstić information content (AvgIpc) is 2.39. The molecule has 19 heavy (non-hydrogen) atoms. The van der Waals surface area contributed by atoms with E-state index in [1.54, 1.807) is 0 Å². The lowest BCUT2D eigenvalue weighted by Gasteiger charge is -2.10. The summed E-state index contributed by atoms with van der Waals surface area (Å²) < 4.78 is 0. The van der Waals surface area contributed by atoms with Crippen molar-refractivity contribution in [1.29, 1.82) is 0 Å². The molecule has 0 amide bonds. The minimum Gasteiger partial charge on any atom is -0.481 e. The van der Waals surface area contributed by atoms with Gasteiger partial charge >= 0.3 is 5.97 Å². The summed E-state index contributed by atoms with van der Waals surface area (Å²) in [6, 6.07) is 13.4. The average molecular weight is 275 g/mol. The van der Waals surface area contributed by atoms with Crippen molar-refractivity contribution in [2.75, 3.05) is 0 Å². The number of hydrogen-bond acceptors (Lipinski definition) is 1. The number of halogens is 1. The Morgan fingerprint density at radius 3 is 2.42 bits per heavy atom. The summed E-state index contributed by atoms with van der Waals surface area (Å²) in [6.45, 7) is 2.09. The topological polar surface area (TPSA) is 37.3 Å². The van der Waals surface area contributed by atoms with E-state index in [-0.39, 0.29) is 6.42 Å². The highest BCUT2D eigenvalue weighted by molar-refractivity contribution is 6.33. The molecule has 0 heterocycles. The van der Waals surface area contributed by atoms with Crippen LogP contribution in [0.3, 0.4) is 0 Å². The van der Waals surface area contributed by atoms with E-state index < -0.39 is 5.97 Å². The van der Waals surface area contributed by atoms with E-state index in [0.29, 0.717) is 0 Å². The first kappa shape index (κ1) is 13.6. The van der Waals surface area contributed by atoms with Crippen LogP contribution in [0.5, 0.6) is 0 Å². The van der Waals surface area contributed by atoms with Crippen molar-refractivity contribution in [1.82, 2.24) is 0 Å². The highest BCUT2D eigenvalue weighted by Crippen LogP contribution is 2.31. The molecule has 1 N–H and O–H groups in total. The van der Waals surface area contributed by atoms with Crippen LogP contribution in [-0.2, 0) is 17.6 Å². The van der Waals surface area contributed by atoms with Crippen LogP contribution >= 0.6 is 11.6 Å². The first-order valence-electron chi connectivity index (χ1n) is 6.20. The molecule has 0 fully saturated rings. The second-order valence-electron chi connectivity index (χ2n) is 4.39. The smallest absolute Gasteiger partial charge is 0.307 e. The highest BCUT2D eigenvalue weighted by Gasteiger charge is 2.08. The summed E-state index contributed by atoms with van der Waals surface area (Å²) in [5.41, 5.74) is 4.05. The van der Waals surface area contributed by atoms with E-state index in [1.807, 2.05) is 36.4 Å². The maximum atomic E-state index is 10.7. The number of hydrogen-bond donors (Lipinski definition) is 1. The SMILES string of the molecule is CCc1cccc(Cl)c1-c1ccc(CC(=O)O)cc1. The second-order valence-corrected chi connectivity index (χ2v) is 4.80. The number of carboxylic acid groups (broad SMARTS) is 1. The van der Waals surface area contributed by atoms with Crippen LogP contribution in [0.25, 0.3) is 11.1 Å². The highest BCUT2D eigenvalue weighted by atomic mass is 35.5. The van der Waals surface area contributed by atoms with Crippen molar-refractivity contribution >= 4 is 17.6 Å². The lowest BCUT2D eigenvalue weighted by molar-refractivity contribution is -0.136. The van der Waals surface area contributed by atoms with Gasteiger partial charge in [0.1, 0.15) is 0 Å². The monoisotopic (exact) mass is 274 g/mol. The van der Waals surface area contributed by atoms with E-state index in [1.165, 1.54) is 5.56 Å². The molecule has 98 valence electrons. The van der Waals surface area contributed by atoms with E-state index in [2.05, 4.69) is 13.0 Å². The summed E-state index contributed by atoms with van der Waals surface area (Å²) in [7, 11) is 0. The van der Waals surface area contributed by atoms with Gasteiger partial charge in [-0.25, -0.2) is 0 Å². The van der Waals surface area contributed by atoms with Crippen molar-refractivity contribution < 1.29 is 9.90 Å². The molecule has 2 nitrogen and oxygen atoms in total. The third-order valence-corrected chi connectivity index (χ3v) is 3.39. The molecule has 3 heteroatoms. The summed E-state index contributed by atoms with van der Waals surface area (Å²) in [6.07, 6.45) is 0.955. The minimum absolute atomic E-state index is 0.0451. The van der Waals surface area contributed by atoms with E-state index >= 15 is 0 Å². The van der Waals surface area contributed by atoms with E-state index in [4.69, 9.17) is 16.7 Å². The molecule has 0 spiro atoms. The largest absolute Gasteiger partial charge is 0.481 e. The molecule has 0 aliphatic carbocycles. The summed E-state index contributed by atoms with van der Waals surface area (Å²) in [5, 5.41) is 9.49. The molecule has 0 aliphatic rings. The molecule has 2 rings (SSSR count). The van der Waals surface area contributed by atoms with Gasteiger partial charge in [0.15, 0.2) is 0 Å². The third kappa shape index (κ3) is 3.15. The molecule has 0 aromatic heterocycles. The van der Waals surface area contributed by atoms with Gasteiger partial charge in [-0.05, 0) is 29.2 Å². The quantitative estimate of drug-likeness (QED) is 0.907. The standard InChI is InChI=1S/C16H15ClO2/c1-2-12-4-3-5-14(17)16(12)13-8-6-11(7-9-13)10-15(18)19/h3-9H,2,10H2,1H3,(H,18,19). The molecule has 2 aromatic carbocycles. The van der Waals surface area contributed by atoms with Crippen LogP contribution in [-0.4, -0.2) is 11.1 Å². The Kier molecular flexibility index (Phi) is 4.23. The van der Waals surface area contributed by atoms with Crippen molar-refractivity contribution in [2.45, 2.75) is 19.8 Å². The molecule has 0 bridgehead atoms. The maximum absolute atomic E-state index is 10.7. The van der Waals surface area contributed by atoms with Crippen LogP contribution in [0.1, 0.15) is 18.1 Å². The molecule has 0 atom stereocenters. The molecule has 0 radical (unpaired) electrons. The van der Waals surface area contributed by atoms with Gasteiger partial charge < -0.3 is 5.11 Å². The zero-order chi connectivity index (χ0) is 13.8. The number of benzene rings is 2. The van der Waals surface area contributed by atoms with E-state index in [0.717, 1.165) is 28.1 Å². The van der Waals surface area contributed by atoms with Crippen molar-refractivity contribution in [3.8, 4) is 11.1 Å². The summed E-state index contributed by atoms with van der Waals surface area (Å²) in [5.74, 6) is -0.820. The molecule has 0 saturated heterocycles. The van der Waals surface area contributed by atoms with E-state index in [9.17, 15) is 4.79 Å². The molecule has 0 saturated carbocycles. The Balaban J connectivity index is 2.40. The minimum atomic E-state index is -0.820. The van der Waals surface area contributed by atoms with Crippen LogP contribution < -0.4 is 0 Å². The Morgan fingerprint density at radius 1 is 1.16 bits per heavy atom. The molecule has 0 unspecified atom stereocenters. The Hall–Kier alpha value is -1.80. The third-order valence-electron chi connectivity index (χ3n) is 3.08. The lowest BCUT2D eigenvalue weighted by atomic mass is 9.97. The van der Waals surface area contributed by atoms with Crippen molar-refractivity contribution in [3.63, 3.8) is 0 Å². The predicted molar refractivity (Wildman–Crippen MR) is 77.6 cm³/mol. The fourth-order valence-corrected chi connectivity index (χ4v) is 2.45. The maximum Gasteiger partial charge on any atom is 0.307 e. The van der Waals surface area contributed by atoms with Gasteiger partial charge in [0, 0.05) is 10.6 Å². The second kappa shape index (κ2) is 5.89. The lowest BCUT2D eigenvalue weighted by Crippen LogP contribution is -1.99. The first-order valence-corrected chi connectivity index (χ1v) is 6.58. The molecule has 2 aromatic rings. The fraction of sp³-hybridized carbons (Fsp3) is 0.188.